The van der Waals surface area contributed by atoms with Gasteiger partial charge < -0.3 is 4.90 Å². The van der Waals surface area contributed by atoms with Gasteiger partial charge in [0.15, 0.2) is 10.8 Å². The third-order valence-electron chi connectivity index (χ3n) is 4.31. The first-order valence-electron chi connectivity index (χ1n) is 7.58. The lowest BCUT2D eigenvalue weighted by Gasteiger charge is -2.21. The molecule has 0 aromatic carbocycles. The number of thiazole rings is 1. The van der Waals surface area contributed by atoms with Gasteiger partial charge in [-0.25, -0.2) is 4.98 Å². The van der Waals surface area contributed by atoms with E-state index >= 15 is 0 Å². The molecule has 5 heteroatoms. The minimum atomic E-state index is 0.870. The molecule has 110 valence electrons. The van der Waals surface area contributed by atoms with E-state index in [4.69, 9.17) is 4.98 Å². The number of halogens is 1. The first kappa shape index (κ1) is 14.4. The van der Waals surface area contributed by atoms with Crippen molar-refractivity contribution in [3.05, 3.63) is 17.3 Å². The van der Waals surface area contributed by atoms with Gasteiger partial charge in [0.25, 0.3) is 0 Å². The second kappa shape index (κ2) is 6.48. The highest BCUT2D eigenvalue weighted by Crippen LogP contribution is 2.30. The molecule has 3 rings (SSSR count). The van der Waals surface area contributed by atoms with Crippen molar-refractivity contribution in [3.63, 3.8) is 0 Å². The maximum absolute atomic E-state index is 4.86. The minimum absolute atomic E-state index is 0.870. The molecular weight excluding hydrogens is 334 g/mol. The van der Waals surface area contributed by atoms with E-state index in [1.54, 1.807) is 11.3 Å². The number of hydrogen-bond acceptors (Lipinski definition) is 3. The van der Waals surface area contributed by atoms with Gasteiger partial charge in [-0.3, -0.25) is 4.40 Å². The Morgan fingerprint density at radius 1 is 1.40 bits per heavy atom. The van der Waals surface area contributed by atoms with E-state index in [-0.39, 0.29) is 0 Å². The van der Waals surface area contributed by atoms with E-state index in [9.17, 15) is 0 Å². The van der Waals surface area contributed by atoms with Crippen molar-refractivity contribution in [1.82, 2.24) is 9.38 Å². The highest BCUT2D eigenvalue weighted by Gasteiger charge is 2.22. The molecule has 0 N–H and O–H groups in total. The number of aromatic nitrogens is 2. The first-order valence-corrected chi connectivity index (χ1v) is 9.59. The summed E-state index contributed by atoms with van der Waals surface area (Å²) in [4.78, 5) is 8.48. The first-order chi connectivity index (χ1) is 9.83. The Bertz CT molecular complexity index is 562. The molecule has 0 spiro atoms. The SMILES string of the molecule is CCCC1CCCN(c2nc3sccn3c2CBr)CC1. The van der Waals surface area contributed by atoms with E-state index in [0.29, 0.717) is 0 Å². The summed E-state index contributed by atoms with van der Waals surface area (Å²) in [7, 11) is 0. The zero-order valence-corrected chi connectivity index (χ0v) is 14.4. The Hall–Kier alpha value is -0.550. The van der Waals surface area contributed by atoms with Crippen LogP contribution in [0, 0.1) is 5.92 Å². The summed E-state index contributed by atoms with van der Waals surface area (Å²) in [6.45, 7) is 4.62. The van der Waals surface area contributed by atoms with E-state index < -0.39 is 0 Å². The predicted octanol–water partition coefficient (Wildman–Crippen LogP) is 4.70. The molecule has 1 aliphatic heterocycles. The predicted molar refractivity (Wildman–Crippen MR) is 90.2 cm³/mol. The van der Waals surface area contributed by atoms with Crippen LogP contribution in [0.5, 0.6) is 0 Å². The van der Waals surface area contributed by atoms with E-state index in [1.165, 1.54) is 43.6 Å². The van der Waals surface area contributed by atoms with Gasteiger partial charge in [0.05, 0.1) is 5.69 Å². The molecule has 20 heavy (non-hydrogen) atoms. The maximum Gasteiger partial charge on any atom is 0.195 e. The van der Waals surface area contributed by atoms with Gasteiger partial charge in [0.2, 0.25) is 0 Å². The van der Waals surface area contributed by atoms with Crippen molar-refractivity contribution >= 4 is 38.0 Å². The molecule has 0 amide bonds. The smallest absolute Gasteiger partial charge is 0.195 e. The van der Waals surface area contributed by atoms with E-state index in [0.717, 1.165) is 29.3 Å². The van der Waals surface area contributed by atoms with Crippen LogP contribution in [0.1, 0.15) is 44.7 Å². The summed E-state index contributed by atoms with van der Waals surface area (Å²) in [6.07, 6.45) is 8.84. The molecule has 0 radical (unpaired) electrons. The molecule has 1 atom stereocenters. The van der Waals surface area contributed by atoms with E-state index in [1.807, 2.05) is 0 Å². The van der Waals surface area contributed by atoms with Gasteiger partial charge >= 0.3 is 0 Å². The van der Waals surface area contributed by atoms with Crippen molar-refractivity contribution in [2.24, 2.45) is 5.92 Å². The molecule has 2 aromatic rings. The summed E-state index contributed by atoms with van der Waals surface area (Å²) >= 11 is 5.35. The Labute approximate surface area is 133 Å². The molecule has 1 unspecified atom stereocenters. The molecule has 1 saturated heterocycles. The van der Waals surface area contributed by atoms with Gasteiger partial charge in [0.1, 0.15) is 0 Å². The van der Waals surface area contributed by atoms with Crippen LogP contribution in [0.3, 0.4) is 0 Å². The Morgan fingerprint density at radius 3 is 3.10 bits per heavy atom. The zero-order valence-electron chi connectivity index (χ0n) is 12.0. The largest absolute Gasteiger partial charge is 0.355 e. The van der Waals surface area contributed by atoms with Gasteiger partial charge in [-0.15, -0.1) is 11.3 Å². The van der Waals surface area contributed by atoms with Gasteiger partial charge in [-0.1, -0.05) is 35.7 Å². The fourth-order valence-corrected chi connectivity index (χ4v) is 4.52. The second-order valence-corrected chi connectivity index (χ2v) is 7.08. The third kappa shape index (κ3) is 2.75. The fourth-order valence-electron chi connectivity index (χ4n) is 3.27. The van der Waals surface area contributed by atoms with Crippen LogP contribution >= 0.6 is 27.3 Å². The molecule has 0 aliphatic carbocycles. The van der Waals surface area contributed by atoms with E-state index in [2.05, 4.69) is 43.7 Å². The molecule has 0 bridgehead atoms. The molecule has 1 fully saturated rings. The molecule has 3 nitrogen and oxygen atoms in total. The lowest BCUT2D eigenvalue weighted by Crippen LogP contribution is -2.25. The number of hydrogen-bond donors (Lipinski definition) is 0. The number of fused-ring (bicyclic) bond motifs is 1. The van der Waals surface area contributed by atoms with Gasteiger partial charge in [0, 0.05) is 30.0 Å². The fraction of sp³-hybridized carbons (Fsp3) is 0.667. The molecule has 2 aromatic heterocycles. The van der Waals surface area contributed by atoms with Crippen molar-refractivity contribution < 1.29 is 0 Å². The van der Waals surface area contributed by atoms with Crippen molar-refractivity contribution in [3.8, 4) is 0 Å². The summed E-state index contributed by atoms with van der Waals surface area (Å²) < 4.78 is 2.23. The second-order valence-electron chi connectivity index (χ2n) is 5.64. The van der Waals surface area contributed by atoms with Crippen LogP contribution in [0.15, 0.2) is 11.6 Å². The highest BCUT2D eigenvalue weighted by atomic mass is 79.9. The quantitative estimate of drug-likeness (QED) is 0.741. The monoisotopic (exact) mass is 355 g/mol. The lowest BCUT2D eigenvalue weighted by atomic mass is 9.96. The van der Waals surface area contributed by atoms with Crippen molar-refractivity contribution in [1.29, 1.82) is 0 Å². The lowest BCUT2D eigenvalue weighted by molar-refractivity contribution is 0.435. The summed E-state index contributed by atoms with van der Waals surface area (Å²) in [5.41, 5.74) is 1.30. The van der Waals surface area contributed by atoms with Crippen LogP contribution < -0.4 is 4.90 Å². The molecule has 0 saturated carbocycles. The number of nitrogens with zero attached hydrogens (tertiary/aromatic N) is 3. The van der Waals surface area contributed by atoms with Crippen LogP contribution in [0.2, 0.25) is 0 Å². The Balaban J connectivity index is 1.81. The maximum atomic E-state index is 4.86. The third-order valence-corrected chi connectivity index (χ3v) is 5.60. The average Bonchev–Trinajstić information content (AvgIpc) is 2.94. The topological polar surface area (TPSA) is 20.5 Å². The molecule has 1 aliphatic rings. The Morgan fingerprint density at radius 2 is 2.30 bits per heavy atom. The summed E-state index contributed by atoms with van der Waals surface area (Å²) in [5.74, 6) is 2.12. The number of alkyl halides is 1. The van der Waals surface area contributed by atoms with Crippen LogP contribution in [-0.2, 0) is 5.33 Å². The van der Waals surface area contributed by atoms with Crippen molar-refractivity contribution in [2.45, 2.75) is 44.4 Å². The van der Waals surface area contributed by atoms with Gasteiger partial charge in [-0.2, -0.15) is 0 Å². The standard InChI is InChI=1S/C15H22BrN3S/c1-2-4-12-5-3-7-18(8-6-12)14-13(11-16)19-9-10-20-15(19)17-14/h9-10,12H,2-8,11H2,1H3. The number of rotatable bonds is 4. The Kier molecular flexibility index (Phi) is 4.66. The number of imidazole rings is 1. The van der Waals surface area contributed by atoms with Crippen LogP contribution in [-0.4, -0.2) is 22.5 Å². The molecular formula is C15H22BrN3S. The van der Waals surface area contributed by atoms with Crippen LogP contribution in [0.25, 0.3) is 4.96 Å². The normalized spacial score (nSPS) is 20.5. The average molecular weight is 356 g/mol. The molecule has 3 heterocycles. The highest BCUT2D eigenvalue weighted by molar-refractivity contribution is 9.08. The summed E-state index contributed by atoms with van der Waals surface area (Å²) in [5, 5.41) is 2.98. The number of anilines is 1. The zero-order chi connectivity index (χ0) is 13.9. The summed E-state index contributed by atoms with van der Waals surface area (Å²) in [6, 6.07) is 0. The van der Waals surface area contributed by atoms with Crippen LogP contribution in [0.4, 0.5) is 5.82 Å². The van der Waals surface area contributed by atoms with Crippen molar-refractivity contribution in [2.75, 3.05) is 18.0 Å². The minimum Gasteiger partial charge on any atom is -0.355 e. The van der Waals surface area contributed by atoms with Gasteiger partial charge in [-0.05, 0) is 25.2 Å².